The second-order valence-corrected chi connectivity index (χ2v) is 8.57. The molecule has 0 aromatic heterocycles. The Hall–Kier alpha value is -1.71. The Labute approximate surface area is 209 Å². The summed E-state index contributed by atoms with van der Waals surface area (Å²) in [5.41, 5.74) is 1.30. The maximum absolute atomic E-state index is 11.7. The molecule has 1 N–H and O–H groups in total. The van der Waals surface area contributed by atoms with Crippen molar-refractivity contribution in [2.45, 2.75) is 51.4 Å². The fraction of sp³-hybridized carbons (Fsp3) is 0.667. The highest BCUT2D eigenvalue weighted by Crippen LogP contribution is 2.42. The van der Waals surface area contributed by atoms with Gasteiger partial charge in [0.25, 0.3) is 0 Å². The topological polar surface area (TPSA) is 66.4 Å². The molecule has 0 radical (unpaired) electrons. The van der Waals surface area contributed by atoms with E-state index in [0.717, 1.165) is 69.6 Å². The molecule has 32 heavy (non-hydrogen) atoms. The zero-order valence-electron chi connectivity index (χ0n) is 20.0. The van der Waals surface area contributed by atoms with Gasteiger partial charge >= 0.3 is 0 Å². The molecule has 8 heteroatoms. The lowest BCUT2D eigenvalue weighted by atomic mass is 9.69. The van der Waals surface area contributed by atoms with Gasteiger partial charge < -0.3 is 24.6 Å². The molecule has 1 aromatic carbocycles. The summed E-state index contributed by atoms with van der Waals surface area (Å²) in [7, 11) is 3.37. The Balaban J connectivity index is 0.00000363. The van der Waals surface area contributed by atoms with Crippen LogP contribution in [0.4, 0.5) is 0 Å². The standard InChI is InChI=1S/C24H38N4O3.HI/c1-5-25-23(28-15-13-27(14-16-28)19(2)29)26-18-24(11-7-6-8-12-24)20-9-10-21(30-3)22(17-20)31-4;/h9-10,17H,5-8,11-16,18H2,1-4H3,(H,25,26);1H. The van der Waals surface area contributed by atoms with Gasteiger partial charge in [0.05, 0.1) is 20.8 Å². The number of ether oxygens (including phenoxy) is 2. The molecule has 1 aliphatic carbocycles. The molecule has 7 nitrogen and oxygen atoms in total. The number of amides is 1. The fourth-order valence-corrected chi connectivity index (χ4v) is 4.82. The molecule has 2 aliphatic rings. The van der Waals surface area contributed by atoms with Crippen molar-refractivity contribution >= 4 is 35.8 Å². The molecule has 0 atom stereocenters. The van der Waals surface area contributed by atoms with Gasteiger partial charge in [0.15, 0.2) is 17.5 Å². The van der Waals surface area contributed by atoms with Gasteiger partial charge in [-0.2, -0.15) is 0 Å². The van der Waals surface area contributed by atoms with Crippen molar-refractivity contribution in [1.29, 1.82) is 0 Å². The number of halogens is 1. The third-order valence-corrected chi connectivity index (χ3v) is 6.70. The summed E-state index contributed by atoms with van der Waals surface area (Å²) in [6.07, 6.45) is 5.98. The van der Waals surface area contributed by atoms with E-state index >= 15 is 0 Å². The van der Waals surface area contributed by atoms with Crippen molar-refractivity contribution < 1.29 is 14.3 Å². The first kappa shape index (κ1) is 26.5. The number of benzene rings is 1. The molecule has 1 aliphatic heterocycles. The van der Waals surface area contributed by atoms with Gasteiger partial charge in [-0.05, 0) is 37.5 Å². The van der Waals surface area contributed by atoms with Crippen molar-refractivity contribution in [2.24, 2.45) is 4.99 Å². The Bertz CT molecular complexity index is 773. The molecule has 1 aromatic rings. The number of piperazine rings is 1. The lowest BCUT2D eigenvalue weighted by Crippen LogP contribution is -2.53. The Morgan fingerprint density at radius 1 is 1.03 bits per heavy atom. The summed E-state index contributed by atoms with van der Waals surface area (Å²) in [6.45, 7) is 8.45. The predicted molar refractivity (Wildman–Crippen MR) is 140 cm³/mol. The molecule has 0 bridgehead atoms. The van der Waals surface area contributed by atoms with Crippen LogP contribution in [-0.2, 0) is 10.2 Å². The van der Waals surface area contributed by atoms with Gasteiger partial charge in [-0.25, -0.2) is 0 Å². The van der Waals surface area contributed by atoms with E-state index in [4.69, 9.17) is 14.5 Å². The maximum Gasteiger partial charge on any atom is 0.219 e. The molecular weight excluding hydrogens is 519 g/mol. The molecule has 0 spiro atoms. The normalized spacial score (nSPS) is 18.6. The number of carbonyl (C=O) groups excluding carboxylic acids is 1. The van der Waals surface area contributed by atoms with Crippen LogP contribution in [-0.4, -0.2) is 75.2 Å². The summed E-state index contributed by atoms with van der Waals surface area (Å²) >= 11 is 0. The zero-order chi connectivity index (χ0) is 22.3. The fourth-order valence-electron chi connectivity index (χ4n) is 4.82. The number of carbonyl (C=O) groups is 1. The summed E-state index contributed by atoms with van der Waals surface area (Å²) in [5.74, 6) is 2.64. The van der Waals surface area contributed by atoms with E-state index in [9.17, 15) is 4.79 Å². The first-order chi connectivity index (χ1) is 15.0. The average Bonchev–Trinajstić information content (AvgIpc) is 2.82. The summed E-state index contributed by atoms with van der Waals surface area (Å²) in [5, 5.41) is 3.47. The first-order valence-electron chi connectivity index (χ1n) is 11.5. The minimum absolute atomic E-state index is 0. The zero-order valence-corrected chi connectivity index (χ0v) is 22.3. The van der Waals surface area contributed by atoms with Crippen molar-refractivity contribution in [3.63, 3.8) is 0 Å². The van der Waals surface area contributed by atoms with Crippen molar-refractivity contribution in [2.75, 3.05) is 53.5 Å². The van der Waals surface area contributed by atoms with Crippen LogP contribution in [0.3, 0.4) is 0 Å². The SMILES string of the molecule is CCNC(=NCC1(c2ccc(OC)c(OC)c2)CCCCC1)N1CCN(C(C)=O)CC1.I. The third-order valence-electron chi connectivity index (χ3n) is 6.70. The van der Waals surface area contributed by atoms with E-state index in [0.29, 0.717) is 0 Å². The van der Waals surface area contributed by atoms with E-state index in [1.165, 1.54) is 24.8 Å². The smallest absolute Gasteiger partial charge is 0.219 e. The van der Waals surface area contributed by atoms with Gasteiger partial charge in [0.2, 0.25) is 5.91 Å². The molecular formula is C24H39IN4O3. The van der Waals surface area contributed by atoms with Crippen LogP contribution in [0.1, 0.15) is 51.5 Å². The summed E-state index contributed by atoms with van der Waals surface area (Å²) < 4.78 is 11.0. The number of methoxy groups -OCH3 is 2. The summed E-state index contributed by atoms with van der Waals surface area (Å²) in [4.78, 5) is 21.0. The second-order valence-electron chi connectivity index (χ2n) is 8.57. The molecule has 1 amide bonds. The average molecular weight is 559 g/mol. The van der Waals surface area contributed by atoms with Crippen molar-refractivity contribution in [1.82, 2.24) is 15.1 Å². The predicted octanol–water partition coefficient (Wildman–Crippen LogP) is 3.65. The van der Waals surface area contributed by atoms with Crippen LogP contribution >= 0.6 is 24.0 Å². The first-order valence-corrected chi connectivity index (χ1v) is 11.5. The number of aliphatic imine (C=N–C) groups is 1. The largest absolute Gasteiger partial charge is 0.493 e. The van der Waals surface area contributed by atoms with Crippen LogP contribution in [0.5, 0.6) is 11.5 Å². The lowest BCUT2D eigenvalue weighted by molar-refractivity contribution is -0.130. The molecule has 3 rings (SSSR count). The van der Waals surface area contributed by atoms with Crippen LogP contribution in [0.15, 0.2) is 23.2 Å². The molecule has 1 saturated carbocycles. The number of hydrogen-bond acceptors (Lipinski definition) is 4. The Kier molecular flexibility index (Phi) is 10.4. The van der Waals surface area contributed by atoms with E-state index in [1.54, 1.807) is 21.1 Å². The van der Waals surface area contributed by atoms with Gasteiger partial charge in [-0.1, -0.05) is 25.3 Å². The number of guanidine groups is 1. The van der Waals surface area contributed by atoms with Gasteiger partial charge in [0.1, 0.15) is 0 Å². The monoisotopic (exact) mass is 558 g/mol. The minimum atomic E-state index is 0. The van der Waals surface area contributed by atoms with Crippen LogP contribution < -0.4 is 14.8 Å². The quantitative estimate of drug-likeness (QED) is 0.328. The van der Waals surface area contributed by atoms with E-state index in [2.05, 4.69) is 29.3 Å². The van der Waals surface area contributed by atoms with Gasteiger partial charge in [-0.3, -0.25) is 9.79 Å². The van der Waals surface area contributed by atoms with E-state index in [1.807, 2.05) is 11.0 Å². The second kappa shape index (κ2) is 12.5. The van der Waals surface area contributed by atoms with E-state index in [-0.39, 0.29) is 35.3 Å². The Morgan fingerprint density at radius 3 is 2.22 bits per heavy atom. The van der Waals surface area contributed by atoms with Crippen LogP contribution in [0, 0.1) is 0 Å². The van der Waals surface area contributed by atoms with Crippen LogP contribution in [0.2, 0.25) is 0 Å². The van der Waals surface area contributed by atoms with E-state index < -0.39 is 0 Å². The maximum atomic E-state index is 11.7. The minimum Gasteiger partial charge on any atom is -0.493 e. The van der Waals surface area contributed by atoms with Crippen LogP contribution in [0.25, 0.3) is 0 Å². The third kappa shape index (κ3) is 6.20. The Morgan fingerprint density at radius 2 is 1.66 bits per heavy atom. The molecule has 2 fully saturated rings. The highest BCUT2D eigenvalue weighted by Gasteiger charge is 2.35. The highest BCUT2D eigenvalue weighted by molar-refractivity contribution is 14.0. The number of nitrogens with one attached hydrogen (secondary N) is 1. The molecule has 1 saturated heterocycles. The molecule has 180 valence electrons. The van der Waals surface area contributed by atoms with Gasteiger partial charge in [-0.15, -0.1) is 24.0 Å². The van der Waals surface area contributed by atoms with Crippen molar-refractivity contribution in [3.05, 3.63) is 23.8 Å². The molecule has 1 heterocycles. The lowest BCUT2D eigenvalue weighted by Gasteiger charge is -2.39. The molecule has 0 unspecified atom stereocenters. The van der Waals surface area contributed by atoms with Crippen molar-refractivity contribution in [3.8, 4) is 11.5 Å². The summed E-state index contributed by atoms with van der Waals surface area (Å²) in [6, 6.07) is 6.33. The number of hydrogen-bond donors (Lipinski definition) is 1. The number of nitrogens with zero attached hydrogens (tertiary/aromatic N) is 3. The number of rotatable bonds is 6. The highest BCUT2D eigenvalue weighted by atomic mass is 127. The van der Waals surface area contributed by atoms with Gasteiger partial charge in [0, 0.05) is 45.1 Å².